The predicted octanol–water partition coefficient (Wildman–Crippen LogP) is -9.34. The van der Waals surface area contributed by atoms with Gasteiger partial charge in [0.1, 0.15) is 11.8 Å². The number of amides is 3. The van der Waals surface area contributed by atoms with Crippen LogP contribution in [0.15, 0.2) is 23.1 Å². The summed E-state index contributed by atoms with van der Waals surface area (Å²) in [5.74, 6) is -5.17. The van der Waals surface area contributed by atoms with Gasteiger partial charge < -0.3 is 46.6 Å². The molecule has 0 spiro atoms. The van der Waals surface area contributed by atoms with Gasteiger partial charge in [0.15, 0.2) is 0 Å². The standard InChI is InChI=1S/C18H24N4O8S.2Na/c1-9(23)21-10-2-4-13(24)14(6-10)31-8-12(17(28)20-7-16(26)27)22-15(25)5-3-11(19)18(29)30;;/h2,4,6,11-12,24H,3,5,7-8,19H2,1H3,(H,20,28)(H,21,23)(H,22,25)(H,26,27)(H,29,30);;/q;2*+1/p-2/t11-,12-;;/m1../s1. The number of aliphatic carboxylic acids is 2. The van der Waals surface area contributed by atoms with Gasteiger partial charge in [-0.15, -0.1) is 11.8 Å². The number of aromatic hydroxyl groups is 1. The molecular formula is C18H22N4Na2O8S. The number of hydrogen-bond donors (Lipinski definition) is 5. The predicted molar refractivity (Wildman–Crippen MR) is 105 cm³/mol. The number of thioether (sulfide) groups is 1. The van der Waals surface area contributed by atoms with E-state index in [1.165, 1.54) is 25.1 Å². The number of rotatable bonds is 12. The smallest absolute Gasteiger partial charge is 0.548 e. The number of hydrogen-bond acceptors (Lipinski definition) is 10. The van der Waals surface area contributed by atoms with E-state index in [0.717, 1.165) is 11.8 Å². The molecule has 0 radical (unpaired) electrons. The molecule has 15 heteroatoms. The van der Waals surface area contributed by atoms with Gasteiger partial charge >= 0.3 is 59.1 Å². The van der Waals surface area contributed by atoms with Crippen LogP contribution in [0.4, 0.5) is 5.69 Å². The third kappa shape index (κ3) is 13.9. The molecule has 0 unspecified atom stereocenters. The minimum Gasteiger partial charge on any atom is -0.548 e. The Bertz CT molecular complexity index is 859. The zero-order valence-electron chi connectivity index (χ0n) is 18.5. The van der Waals surface area contributed by atoms with Gasteiger partial charge in [-0.3, -0.25) is 14.4 Å². The molecule has 33 heavy (non-hydrogen) atoms. The Morgan fingerprint density at radius 2 is 1.79 bits per heavy atom. The van der Waals surface area contributed by atoms with Crippen LogP contribution in [0.2, 0.25) is 0 Å². The number of carbonyl (C=O) groups is 5. The van der Waals surface area contributed by atoms with Gasteiger partial charge in [0, 0.05) is 30.8 Å². The van der Waals surface area contributed by atoms with E-state index in [1.807, 2.05) is 0 Å². The summed E-state index contributed by atoms with van der Waals surface area (Å²) >= 11 is 0.962. The van der Waals surface area contributed by atoms with Crippen LogP contribution in [0.5, 0.6) is 5.75 Å². The van der Waals surface area contributed by atoms with Gasteiger partial charge in [0.25, 0.3) is 0 Å². The molecule has 0 bridgehead atoms. The zero-order valence-corrected chi connectivity index (χ0v) is 23.3. The van der Waals surface area contributed by atoms with Crippen LogP contribution in [-0.2, 0) is 24.0 Å². The first-order chi connectivity index (χ1) is 14.5. The molecule has 2 atom stereocenters. The summed E-state index contributed by atoms with van der Waals surface area (Å²) in [6.07, 6.45) is -0.540. The van der Waals surface area contributed by atoms with Gasteiger partial charge in [-0.25, -0.2) is 0 Å². The first kappa shape index (κ1) is 33.9. The zero-order chi connectivity index (χ0) is 23.6. The summed E-state index contributed by atoms with van der Waals surface area (Å²) in [6.45, 7) is 0.522. The van der Waals surface area contributed by atoms with E-state index in [2.05, 4.69) is 16.0 Å². The van der Waals surface area contributed by atoms with Crippen molar-refractivity contribution in [3.05, 3.63) is 18.2 Å². The third-order valence-electron chi connectivity index (χ3n) is 3.73. The van der Waals surface area contributed by atoms with Crippen LogP contribution < -0.4 is 91.0 Å². The second-order valence-electron chi connectivity index (χ2n) is 6.35. The Morgan fingerprint density at radius 1 is 1.15 bits per heavy atom. The van der Waals surface area contributed by atoms with Gasteiger partial charge in [0.05, 0.1) is 23.4 Å². The molecule has 0 saturated heterocycles. The number of carbonyl (C=O) groups excluding carboxylic acids is 5. The fourth-order valence-electron chi connectivity index (χ4n) is 2.22. The van der Waals surface area contributed by atoms with Crippen LogP contribution in [0.1, 0.15) is 19.8 Å². The normalized spacial score (nSPS) is 11.6. The van der Waals surface area contributed by atoms with Crippen LogP contribution in [-0.4, -0.2) is 59.1 Å². The molecule has 12 nitrogen and oxygen atoms in total. The summed E-state index contributed by atoms with van der Waals surface area (Å²) in [4.78, 5) is 57.0. The number of phenols is 1. The summed E-state index contributed by atoms with van der Waals surface area (Å²) in [5, 5.41) is 38.2. The molecule has 0 aromatic heterocycles. The van der Waals surface area contributed by atoms with Crippen molar-refractivity contribution in [1.29, 1.82) is 0 Å². The van der Waals surface area contributed by atoms with Crippen molar-refractivity contribution in [2.24, 2.45) is 5.73 Å². The fraction of sp³-hybridized carbons (Fsp3) is 0.389. The van der Waals surface area contributed by atoms with Crippen LogP contribution >= 0.6 is 11.8 Å². The number of benzene rings is 1. The third-order valence-corrected chi connectivity index (χ3v) is 4.87. The molecule has 0 aliphatic heterocycles. The van der Waals surface area contributed by atoms with E-state index in [9.17, 15) is 39.3 Å². The Hall–Kier alpha value is -1.32. The topological polar surface area (TPSA) is 214 Å². The van der Waals surface area contributed by atoms with E-state index < -0.39 is 42.4 Å². The van der Waals surface area contributed by atoms with Crippen molar-refractivity contribution in [2.75, 3.05) is 17.6 Å². The van der Waals surface area contributed by atoms with E-state index in [4.69, 9.17) is 5.73 Å². The SMILES string of the molecule is CC(=O)Nc1ccc(O)c(SC[C@@H](NC(=O)CC[C@@H](N)C(=O)[O-])C(=O)NCC(=O)[O-])c1.[Na+].[Na+]. The molecule has 0 fully saturated rings. The maximum atomic E-state index is 12.3. The maximum absolute atomic E-state index is 12.3. The molecule has 1 aromatic carbocycles. The first-order valence-electron chi connectivity index (χ1n) is 8.96. The summed E-state index contributed by atoms with van der Waals surface area (Å²) in [6, 6.07) is 1.67. The van der Waals surface area contributed by atoms with Crippen molar-refractivity contribution in [1.82, 2.24) is 10.6 Å². The van der Waals surface area contributed by atoms with Crippen LogP contribution in [0, 0.1) is 0 Å². The average molecular weight is 500 g/mol. The summed E-state index contributed by atoms with van der Waals surface area (Å²) in [7, 11) is 0. The molecule has 3 amide bonds. The number of nitrogens with two attached hydrogens (primary N) is 1. The minimum absolute atomic E-state index is 0. The molecule has 6 N–H and O–H groups in total. The molecule has 170 valence electrons. The van der Waals surface area contributed by atoms with Crippen molar-refractivity contribution >= 4 is 47.1 Å². The Morgan fingerprint density at radius 3 is 2.33 bits per heavy atom. The van der Waals surface area contributed by atoms with Crippen molar-refractivity contribution < 1.29 is 98.4 Å². The number of phenolic OH excluding ortho intramolecular Hbond substituents is 1. The maximum Gasteiger partial charge on any atom is 1.00 e. The van der Waals surface area contributed by atoms with Gasteiger partial charge in [-0.05, 0) is 24.6 Å². The van der Waals surface area contributed by atoms with Gasteiger partial charge in [-0.1, -0.05) is 0 Å². The fourth-order valence-corrected chi connectivity index (χ4v) is 3.23. The van der Waals surface area contributed by atoms with E-state index in [0.29, 0.717) is 5.69 Å². The molecular weight excluding hydrogens is 478 g/mol. The monoisotopic (exact) mass is 500 g/mol. The second-order valence-corrected chi connectivity index (χ2v) is 7.41. The quantitative estimate of drug-likeness (QED) is 0.104. The van der Waals surface area contributed by atoms with E-state index in [1.54, 1.807) is 0 Å². The van der Waals surface area contributed by atoms with Crippen LogP contribution in [0.25, 0.3) is 0 Å². The molecule has 0 aliphatic carbocycles. The number of nitrogens with one attached hydrogen (secondary N) is 3. The Kier molecular flexibility index (Phi) is 17.6. The molecule has 0 aliphatic rings. The van der Waals surface area contributed by atoms with Crippen molar-refractivity contribution in [3.8, 4) is 5.75 Å². The first-order valence-corrected chi connectivity index (χ1v) is 9.95. The molecule has 0 heterocycles. The number of carboxylic acids is 2. The molecule has 1 rings (SSSR count). The minimum atomic E-state index is -1.54. The average Bonchev–Trinajstić information content (AvgIpc) is 2.68. The number of anilines is 1. The second kappa shape index (κ2) is 17.2. The largest absolute Gasteiger partial charge is 1.00 e. The molecule has 1 aromatic rings. The Labute approximate surface area is 238 Å². The van der Waals surface area contributed by atoms with E-state index in [-0.39, 0.29) is 94.3 Å². The van der Waals surface area contributed by atoms with Gasteiger partial charge in [-0.2, -0.15) is 0 Å². The number of carboxylic acid groups (broad SMARTS) is 2. The summed E-state index contributed by atoms with van der Waals surface area (Å²) in [5.41, 5.74) is 5.68. The summed E-state index contributed by atoms with van der Waals surface area (Å²) < 4.78 is 0. The van der Waals surface area contributed by atoms with E-state index >= 15 is 0 Å². The van der Waals surface area contributed by atoms with Crippen molar-refractivity contribution in [3.63, 3.8) is 0 Å². The Balaban J connectivity index is 0. The van der Waals surface area contributed by atoms with Crippen LogP contribution in [0.3, 0.4) is 0 Å². The van der Waals surface area contributed by atoms with Crippen molar-refractivity contribution in [2.45, 2.75) is 36.7 Å². The van der Waals surface area contributed by atoms with Gasteiger partial charge in [0.2, 0.25) is 17.7 Å². The molecule has 0 saturated carbocycles.